The van der Waals surface area contributed by atoms with Gasteiger partial charge in [-0.2, -0.15) is 13.2 Å². The second kappa shape index (κ2) is 20.5. The molecule has 8 nitrogen and oxygen atoms in total. The van der Waals surface area contributed by atoms with Gasteiger partial charge < -0.3 is 19.3 Å². The molecule has 1 rings (SSSR count). The normalized spacial score (nSPS) is 12.7. The second-order valence-corrected chi connectivity index (χ2v) is 9.61. The topological polar surface area (TPSA) is 116 Å². The van der Waals surface area contributed by atoms with Crippen LogP contribution in [0.2, 0.25) is 0 Å². The van der Waals surface area contributed by atoms with Crippen molar-refractivity contribution in [1.29, 1.82) is 0 Å². The zero-order chi connectivity index (χ0) is 33.9. The molecule has 1 aromatic carbocycles. The van der Waals surface area contributed by atoms with Gasteiger partial charge >= 0.3 is 30.1 Å². The lowest BCUT2D eigenvalue weighted by Gasteiger charge is -2.16. The Morgan fingerprint density at radius 1 is 0.864 bits per heavy atom. The lowest BCUT2D eigenvalue weighted by Crippen LogP contribution is -2.19. The maximum atomic E-state index is 13.1. The monoisotopic (exact) mass is 622 g/mol. The van der Waals surface area contributed by atoms with Gasteiger partial charge in [-0.1, -0.05) is 75.4 Å². The molecule has 1 aromatic rings. The van der Waals surface area contributed by atoms with Gasteiger partial charge in [0.25, 0.3) is 0 Å². The molecule has 0 amide bonds. The Kier molecular flexibility index (Phi) is 18.4. The quantitative estimate of drug-likeness (QED) is 0.0554. The highest BCUT2D eigenvalue weighted by atomic mass is 19.4. The Bertz CT molecular complexity index is 1270. The third-order valence-corrected chi connectivity index (χ3v) is 5.57. The molecular weight excluding hydrogens is 581 g/mol. The molecule has 0 aromatic heterocycles. The molecule has 11 heteroatoms. The van der Waals surface area contributed by atoms with Crippen LogP contribution in [0.15, 0.2) is 82.9 Å². The molecule has 0 spiro atoms. The molecule has 1 N–H and O–H groups in total. The second-order valence-electron chi connectivity index (χ2n) is 9.61. The van der Waals surface area contributed by atoms with Crippen molar-refractivity contribution in [3.8, 4) is 0 Å². The van der Waals surface area contributed by atoms with E-state index in [0.717, 1.165) is 25.3 Å². The Balaban J connectivity index is 0.00000158. The van der Waals surface area contributed by atoms with Gasteiger partial charge in [-0.15, -0.1) is 0 Å². The van der Waals surface area contributed by atoms with Crippen molar-refractivity contribution in [3.05, 3.63) is 88.4 Å². The number of carbonyl (C=O) groups excluding carboxylic acids is 3. The van der Waals surface area contributed by atoms with E-state index in [2.05, 4.69) is 13.5 Å². The number of carbonyl (C=O) groups is 4. The Labute approximate surface area is 256 Å². The zero-order valence-electron chi connectivity index (χ0n) is 26.0. The molecule has 0 aliphatic carbocycles. The van der Waals surface area contributed by atoms with E-state index in [-0.39, 0.29) is 29.3 Å². The molecule has 0 atom stereocenters. The summed E-state index contributed by atoms with van der Waals surface area (Å²) in [5.74, 6) is -5.03. The van der Waals surface area contributed by atoms with Crippen LogP contribution in [0.25, 0.3) is 6.08 Å². The minimum absolute atomic E-state index is 0.00122. The highest BCUT2D eigenvalue weighted by molar-refractivity contribution is 5.93. The summed E-state index contributed by atoms with van der Waals surface area (Å²) in [6.45, 7) is 13.0. The van der Waals surface area contributed by atoms with E-state index in [0.29, 0.717) is 18.6 Å². The smallest absolute Gasteiger partial charge is 0.396 e. The number of benzene rings is 1. The van der Waals surface area contributed by atoms with Crippen LogP contribution in [0.3, 0.4) is 0 Å². The van der Waals surface area contributed by atoms with Crippen LogP contribution in [0.1, 0.15) is 79.2 Å². The van der Waals surface area contributed by atoms with Gasteiger partial charge in [0.1, 0.15) is 17.9 Å². The number of unbranched alkanes of at least 4 members (excludes halogenated alkanes) is 1. The molecular formula is C33H41F3O8. The first-order valence-electron chi connectivity index (χ1n) is 13.9. The molecule has 0 saturated heterocycles. The van der Waals surface area contributed by atoms with Crippen molar-refractivity contribution >= 4 is 30.0 Å². The van der Waals surface area contributed by atoms with Crippen LogP contribution in [0.4, 0.5) is 13.2 Å². The van der Waals surface area contributed by atoms with Gasteiger partial charge in [0.15, 0.2) is 0 Å². The van der Waals surface area contributed by atoms with Gasteiger partial charge in [0.2, 0.25) is 0 Å². The Hall–Kier alpha value is -4.41. The molecule has 0 heterocycles. The molecule has 0 aliphatic rings. The molecule has 242 valence electrons. The lowest BCUT2D eigenvalue weighted by atomic mass is 10.1. The average molecular weight is 623 g/mol. The first-order chi connectivity index (χ1) is 20.5. The summed E-state index contributed by atoms with van der Waals surface area (Å²) >= 11 is 0. The SMILES string of the molecule is C=C(C)C(=O)OCCCC.CCCC(OC(=O)C(C)=C(CC(F)(F)F)OC(=O)C(C)=CC=Cc1ccccc1)=C(C)C(=O)O. The van der Waals surface area contributed by atoms with Gasteiger partial charge in [-0.3, -0.25) is 0 Å². The van der Waals surface area contributed by atoms with E-state index in [1.807, 2.05) is 30.3 Å². The molecule has 0 fully saturated rings. The number of hydrogen-bond acceptors (Lipinski definition) is 7. The fraction of sp³-hybridized carbons (Fsp3) is 0.394. The van der Waals surface area contributed by atoms with Crippen LogP contribution in [0.5, 0.6) is 0 Å². The number of carboxylic acid groups (broad SMARTS) is 1. The highest BCUT2D eigenvalue weighted by Gasteiger charge is 2.33. The van der Waals surface area contributed by atoms with Crippen molar-refractivity contribution < 1.29 is 51.7 Å². The molecule has 0 aliphatic heterocycles. The average Bonchev–Trinajstić information content (AvgIpc) is 2.95. The summed E-state index contributed by atoms with van der Waals surface area (Å²) in [6, 6.07) is 9.12. The number of halogens is 3. The number of allylic oxidation sites excluding steroid dienone is 4. The van der Waals surface area contributed by atoms with Crippen LogP contribution in [-0.2, 0) is 33.4 Å². The number of carboxylic acids is 1. The predicted octanol–water partition coefficient (Wildman–Crippen LogP) is 8.02. The first kappa shape index (κ1) is 39.6. The summed E-state index contributed by atoms with van der Waals surface area (Å²) in [7, 11) is 0. The zero-order valence-corrected chi connectivity index (χ0v) is 26.0. The highest BCUT2D eigenvalue weighted by Crippen LogP contribution is 2.29. The van der Waals surface area contributed by atoms with Crippen LogP contribution < -0.4 is 0 Å². The fourth-order valence-electron chi connectivity index (χ4n) is 2.95. The summed E-state index contributed by atoms with van der Waals surface area (Å²) in [6.07, 6.45) is 0.630. The van der Waals surface area contributed by atoms with Crippen LogP contribution >= 0.6 is 0 Å². The molecule has 0 radical (unpaired) electrons. The number of ether oxygens (including phenoxy) is 3. The van der Waals surface area contributed by atoms with E-state index in [9.17, 15) is 32.3 Å². The van der Waals surface area contributed by atoms with E-state index < -0.39 is 41.8 Å². The fourth-order valence-corrected chi connectivity index (χ4v) is 2.95. The minimum Gasteiger partial charge on any atom is -0.478 e. The predicted molar refractivity (Wildman–Crippen MR) is 161 cm³/mol. The van der Waals surface area contributed by atoms with E-state index >= 15 is 0 Å². The molecule has 0 saturated carbocycles. The van der Waals surface area contributed by atoms with E-state index in [4.69, 9.17) is 19.3 Å². The number of alkyl halides is 3. The van der Waals surface area contributed by atoms with Crippen molar-refractivity contribution in [1.82, 2.24) is 0 Å². The summed E-state index contributed by atoms with van der Waals surface area (Å²) in [5, 5.41) is 9.13. The van der Waals surface area contributed by atoms with Crippen molar-refractivity contribution in [2.24, 2.45) is 0 Å². The summed E-state index contributed by atoms with van der Waals surface area (Å²) in [4.78, 5) is 46.7. The summed E-state index contributed by atoms with van der Waals surface area (Å²) < 4.78 is 54.1. The molecule has 0 bridgehead atoms. The van der Waals surface area contributed by atoms with E-state index in [1.54, 1.807) is 19.9 Å². The first-order valence-corrected chi connectivity index (χ1v) is 13.9. The number of rotatable bonds is 14. The molecule has 0 unspecified atom stereocenters. The maximum absolute atomic E-state index is 13.1. The van der Waals surface area contributed by atoms with Crippen molar-refractivity contribution in [2.75, 3.05) is 6.61 Å². The summed E-state index contributed by atoms with van der Waals surface area (Å²) in [5.41, 5.74) is 0.479. The van der Waals surface area contributed by atoms with Crippen molar-refractivity contribution in [3.63, 3.8) is 0 Å². The standard InChI is InChI=1S/C25H27F3O6.C8H14O2/c1-5-10-20(17(3)22(29)30)33-24(32)18(4)21(15-25(26,27)28)34-23(31)16(2)11-9-14-19-12-7-6-8-13-19;1-4-5-6-10-8(9)7(2)3/h6-9,11-14H,5,10,15H2,1-4H3,(H,29,30);2,4-6H2,1,3H3. The Morgan fingerprint density at radius 3 is 1.95 bits per heavy atom. The minimum atomic E-state index is -4.78. The third kappa shape index (κ3) is 16.9. The van der Waals surface area contributed by atoms with Gasteiger partial charge in [-0.05, 0) is 46.1 Å². The lowest BCUT2D eigenvalue weighted by molar-refractivity contribution is -0.147. The molecule has 44 heavy (non-hydrogen) atoms. The van der Waals surface area contributed by atoms with Gasteiger partial charge in [0.05, 0.1) is 17.8 Å². The maximum Gasteiger partial charge on any atom is 0.396 e. The number of aliphatic carboxylic acids is 1. The van der Waals surface area contributed by atoms with Crippen LogP contribution in [0, 0.1) is 0 Å². The van der Waals surface area contributed by atoms with Crippen LogP contribution in [-0.4, -0.2) is 41.8 Å². The van der Waals surface area contributed by atoms with E-state index in [1.165, 1.54) is 26.0 Å². The number of esters is 3. The third-order valence-electron chi connectivity index (χ3n) is 5.57. The van der Waals surface area contributed by atoms with Gasteiger partial charge in [-0.25, -0.2) is 19.2 Å². The van der Waals surface area contributed by atoms with Gasteiger partial charge in [0, 0.05) is 17.6 Å². The number of hydrogen-bond donors (Lipinski definition) is 1. The largest absolute Gasteiger partial charge is 0.478 e. The van der Waals surface area contributed by atoms with Crippen molar-refractivity contribution in [2.45, 2.75) is 79.8 Å². The Morgan fingerprint density at radius 2 is 1.45 bits per heavy atom.